The van der Waals surface area contributed by atoms with Crippen molar-refractivity contribution in [1.29, 1.82) is 0 Å². The molecule has 0 aromatic heterocycles. The molecule has 0 bridgehead atoms. The van der Waals surface area contributed by atoms with Crippen LogP contribution in [0.15, 0.2) is 0 Å². The number of piperidine rings is 1. The third-order valence-corrected chi connectivity index (χ3v) is 4.01. The Morgan fingerprint density at radius 2 is 2.25 bits per heavy atom. The van der Waals surface area contributed by atoms with Gasteiger partial charge in [0.2, 0.25) is 11.8 Å². The van der Waals surface area contributed by atoms with E-state index in [1.54, 1.807) is 4.90 Å². The number of hydrogen-bond donors (Lipinski definition) is 1. The predicted octanol–water partition coefficient (Wildman–Crippen LogP) is 1.02. The summed E-state index contributed by atoms with van der Waals surface area (Å²) in [5, 5.41) is 3.30. The van der Waals surface area contributed by atoms with Gasteiger partial charge in [0.25, 0.3) is 0 Å². The maximum atomic E-state index is 12.4. The molecule has 2 heterocycles. The molecule has 0 radical (unpaired) electrons. The van der Waals surface area contributed by atoms with Crippen molar-refractivity contribution in [2.45, 2.75) is 45.1 Å². The van der Waals surface area contributed by atoms with Crippen LogP contribution in [-0.4, -0.2) is 60.4 Å². The minimum absolute atomic E-state index is 0. The first-order valence-corrected chi connectivity index (χ1v) is 7.50. The van der Waals surface area contributed by atoms with Gasteiger partial charge in [-0.15, -0.1) is 12.4 Å². The number of nitrogens with zero attached hydrogens (tertiary/aromatic N) is 2. The monoisotopic (exact) mass is 303 g/mol. The molecule has 2 fully saturated rings. The van der Waals surface area contributed by atoms with E-state index in [1.165, 1.54) is 0 Å². The van der Waals surface area contributed by atoms with Crippen LogP contribution < -0.4 is 5.32 Å². The first kappa shape index (κ1) is 17.2. The maximum absolute atomic E-state index is 12.4. The van der Waals surface area contributed by atoms with Crippen LogP contribution in [0.2, 0.25) is 0 Å². The Morgan fingerprint density at radius 3 is 2.85 bits per heavy atom. The molecular weight excluding hydrogens is 278 g/mol. The Labute approximate surface area is 127 Å². The highest BCUT2D eigenvalue weighted by atomic mass is 35.5. The van der Waals surface area contributed by atoms with Crippen LogP contribution in [0.4, 0.5) is 0 Å². The standard InChI is InChI=1S/C14H25N3O2.ClH/c1-2-8-17(12-6-7-15-10-12)14(19)11-16-9-4-3-5-13(16)18;/h12,15H,2-11H2,1H3;1H. The molecule has 6 heteroatoms. The lowest BCUT2D eigenvalue weighted by molar-refractivity contribution is -0.143. The fourth-order valence-corrected chi connectivity index (χ4v) is 2.94. The zero-order valence-corrected chi connectivity index (χ0v) is 13.1. The molecule has 2 rings (SSSR count). The number of rotatable bonds is 5. The molecule has 0 aromatic rings. The highest BCUT2D eigenvalue weighted by Gasteiger charge is 2.28. The van der Waals surface area contributed by atoms with E-state index in [1.807, 2.05) is 4.90 Å². The minimum atomic E-state index is 0. The van der Waals surface area contributed by atoms with E-state index in [0.29, 0.717) is 12.5 Å². The highest BCUT2D eigenvalue weighted by Crippen LogP contribution is 2.13. The molecule has 116 valence electrons. The topological polar surface area (TPSA) is 52.7 Å². The predicted molar refractivity (Wildman–Crippen MR) is 81.0 cm³/mol. The third kappa shape index (κ3) is 4.35. The molecule has 5 nitrogen and oxygen atoms in total. The summed E-state index contributed by atoms with van der Waals surface area (Å²) in [5.74, 6) is 0.256. The maximum Gasteiger partial charge on any atom is 0.242 e. The van der Waals surface area contributed by atoms with E-state index in [4.69, 9.17) is 0 Å². The minimum Gasteiger partial charge on any atom is -0.337 e. The number of likely N-dealkylation sites (tertiary alicyclic amines) is 1. The number of amides is 2. The summed E-state index contributed by atoms with van der Waals surface area (Å²) in [5.41, 5.74) is 0. The number of nitrogens with one attached hydrogen (secondary N) is 1. The SMILES string of the molecule is CCCN(C(=O)CN1CCCCC1=O)C1CCNC1.Cl. The molecule has 2 aliphatic heterocycles. The molecule has 0 aliphatic carbocycles. The fraction of sp³-hybridized carbons (Fsp3) is 0.857. The average molecular weight is 304 g/mol. The highest BCUT2D eigenvalue weighted by molar-refractivity contribution is 5.85. The van der Waals surface area contributed by atoms with Gasteiger partial charge < -0.3 is 15.1 Å². The van der Waals surface area contributed by atoms with Gasteiger partial charge in [0.1, 0.15) is 0 Å². The Balaban J connectivity index is 0.00000200. The molecule has 1 unspecified atom stereocenters. The van der Waals surface area contributed by atoms with Crippen LogP contribution in [0, 0.1) is 0 Å². The van der Waals surface area contributed by atoms with Crippen LogP contribution >= 0.6 is 12.4 Å². The second-order valence-corrected chi connectivity index (χ2v) is 5.51. The van der Waals surface area contributed by atoms with Gasteiger partial charge in [0.05, 0.1) is 6.54 Å². The summed E-state index contributed by atoms with van der Waals surface area (Å²) in [6.45, 7) is 5.78. The quantitative estimate of drug-likeness (QED) is 0.825. The van der Waals surface area contributed by atoms with Crippen molar-refractivity contribution in [2.75, 3.05) is 32.7 Å². The fourth-order valence-electron chi connectivity index (χ4n) is 2.94. The van der Waals surface area contributed by atoms with Crippen LogP contribution in [-0.2, 0) is 9.59 Å². The van der Waals surface area contributed by atoms with E-state index in [2.05, 4.69) is 12.2 Å². The second kappa shape index (κ2) is 8.47. The average Bonchev–Trinajstić information content (AvgIpc) is 2.92. The summed E-state index contributed by atoms with van der Waals surface area (Å²) in [6, 6.07) is 0.312. The first-order valence-electron chi connectivity index (χ1n) is 7.50. The molecule has 1 atom stereocenters. The lowest BCUT2D eigenvalue weighted by Crippen LogP contribution is -2.49. The molecule has 2 saturated heterocycles. The summed E-state index contributed by atoms with van der Waals surface area (Å²) in [4.78, 5) is 27.9. The van der Waals surface area contributed by atoms with Crippen LogP contribution in [0.1, 0.15) is 39.0 Å². The van der Waals surface area contributed by atoms with Crippen molar-refractivity contribution in [3.63, 3.8) is 0 Å². The van der Waals surface area contributed by atoms with Gasteiger partial charge in [-0.3, -0.25) is 9.59 Å². The summed E-state index contributed by atoms with van der Waals surface area (Å²) in [7, 11) is 0. The van der Waals surface area contributed by atoms with Crippen molar-refractivity contribution in [3.8, 4) is 0 Å². The van der Waals surface area contributed by atoms with Crippen LogP contribution in [0.5, 0.6) is 0 Å². The summed E-state index contributed by atoms with van der Waals surface area (Å²) in [6.07, 6.45) is 4.59. The molecule has 2 aliphatic rings. The van der Waals surface area contributed by atoms with Gasteiger partial charge in [-0.25, -0.2) is 0 Å². The lowest BCUT2D eigenvalue weighted by Gasteiger charge is -2.32. The van der Waals surface area contributed by atoms with E-state index in [0.717, 1.165) is 51.9 Å². The summed E-state index contributed by atoms with van der Waals surface area (Å²) < 4.78 is 0. The molecule has 20 heavy (non-hydrogen) atoms. The van der Waals surface area contributed by atoms with Crippen molar-refractivity contribution < 1.29 is 9.59 Å². The summed E-state index contributed by atoms with van der Waals surface area (Å²) >= 11 is 0. The van der Waals surface area contributed by atoms with Crippen LogP contribution in [0.25, 0.3) is 0 Å². The van der Waals surface area contributed by atoms with Gasteiger partial charge >= 0.3 is 0 Å². The third-order valence-electron chi connectivity index (χ3n) is 4.01. The number of carbonyl (C=O) groups is 2. The van der Waals surface area contributed by atoms with Gasteiger partial charge in [-0.1, -0.05) is 6.92 Å². The lowest BCUT2D eigenvalue weighted by atomic mass is 10.1. The Bertz CT molecular complexity index is 332. The molecule has 0 spiro atoms. The van der Waals surface area contributed by atoms with Crippen LogP contribution in [0.3, 0.4) is 0 Å². The Hall–Kier alpha value is -0.810. The number of carbonyl (C=O) groups excluding carboxylic acids is 2. The smallest absolute Gasteiger partial charge is 0.242 e. The largest absolute Gasteiger partial charge is 0.337 e. The molecule has 2 amide bonds. The Morgan fingerprint density at radius 1 is 1.45 bits per heavy atom. The van der Waals surface area contributed by atoms with Crippen molar-refractivity contribution in [1.82, 2.24) is 15.1 Å². The van der Waals surface area contributed by atoms with Crippen molar-refractivity contribution in [3.05, 3.63) is 0 Å². The first-order chi connectivity index (χ1) is 9.22. The molecular formula is C14H26ClN3O2. The molecule has 0 aromatic carbocycles. The van der Waals surface area contributed by atoms with E-state index in [9.17, 15) is 9.59 Å². The van der Waals surface area contributed by atoms with Gasteiger partial charge in [0.15, 0.2) is 0 Å². The number of halogens is 1. The molecule has 0 saturated carbocycles. The zero-order valence-electron chi connectivity index (χ0n) is 12.3. The van der Waals surface area contributed by atoms with Crippen molar-refractivity contribution >= 4 is 24.2 Å². The Kier molecular flexibility index (Phi) is 7.30. The zero-order chi connectivity index (χ0) is 13.7. The van der Waals surface area contributed by atoms with Crippen molar-refractivity contribution in [2.24, 2.45) is 0 Å². The second-order valence-electron chi connectivity index (χ2n) is 5.51. The van der Waals surface area contributed by atoms with Gasteiger partial charge in [-0.2, -0.15) is 0 Å². The van der Waals surface area contributed by atoms with Gasteiger partial charge in [-0.05, 0) is 32.2 Å². The van der Waals surface area contributed by atoms with Gasteiger partial charge in [0, 0.05) is 32.1 Å². The van der Waals surface area contributed by atoms with E-state index < -0.39 is 0 Å². The normalized spacial score (nSPS) is 22.6. The molecule has 1 N–H and O–H groups in total. The number of hydrogen-bond acceptors (Lipinski definition) is 3. The van der Waals surface area contributed by atoms with E-state index in [-0.39, 0.29) is 30.8 Å². The van der Waals surface area contributed by atoms with E-state index >= 15 is 0 Å².